The summed E-state index contributed by atoms with van der Waals surface area (Å²) in [6.45, 7) is 0. The molecular formula is C13H12N2O3S. The number of ether oxygens (including phenoxy) is 1. The predicted octanol–water partition coefficient (Wildman–Crippen LogP) is 2.23. The molecule has 0 aliphatic carbocycles. The Bertz CT molecular complexity index is 594. The Labute approximate surface area is 114 Å². The summed E-state index contributed by atoms with van der Waals surface area (Å²) in [7, 11) is 1.48. The maximum atomic E-state index is 11.6. The summed E-state index contributed by atoms with van der Waals surface area (Å²) < 4.78 is 4.93. The van der Waals surface area contributed by atoms with Crippen molar-refractivity contribution >= 4 is 23.5 Å². The number of carbonyl (C=O) groups is 1. The highest BCUT2D eigenvalue weighted by atomic mass is 32.1. The highest BCUT2D eigenvalue weighted by molar-refractivity contribution is 7.12. The van der Waals surface area contributed by atoms with Crippen LogP contribution in [0.25, 0.3) is 0 Å². The Morgan fingerprint density at radius 1 is 1.47 bits per heavy atom. The van der Waals surface area contributed by atoms with Crippen LogP contribution in [0.1, 0.15) is 15.2 Å². The number of amides is 1. The van der Waals surface area contributed by atoms with Crippen LogP contribution in [-0.2, 0) is 0 Å². The first-order chi connectivity index (χ1) is 9.20. The highest BCUT2D eigenvalue weighted by Gasteiger charge is 2.04. The van der Waals surface area contributed by atoms with E-state index in [2.05, 4.69) is 10.5 Å². The van der Waals surface area contributed by atoms with Gasteiger partial charge in [0.2, 0.25) is 0 Å². The van der Waals surface area contributed by atoms with Gasteiger partial charge < -0.3 is 9.84 Å². The standard InChI is InChI=1S/C13H12N2O3S/c1-18-11-5-4-9(7-10(11)16)8-14-15-13(17)12-3-2-6-19-12/h2-8,16H,1H3,(H,15,17). The Hall–Kier alpha value is -2.34. The lowest BCUT2D eigenvalue weighted by atomic mass is 10.2. The zero-order valence-electron chi connectivity index (χ0n) is 10.2. The van der Waals surface area contributed by atoms with E-state index in [0.717, 1.165) is 0 Å². The molecule has 1 amide bonds. The van der Waals surface area contributed by atoms with Crippen molar-refractivity contribution in [2.24, 2.45) is 5.10 Å². The van der Waals surface area contributed by atoms with Gasteiger partial charge in [-0.3, -0.25) is 4.79 Å². The maximum absolute atomic E-state index is 11.6. The molecule has 0 spiro atoms. The molecule has 2 aromatic rings. The highest BCUT2D eigenvalue weighted by Crippen LogP contribution is 2.25. The second-order valence-electron chi connectivity index (χ2n) is 3.61. The molecule has 1 aromatic carbocycles. The zero-order valence-corrected chi connectivity index (χ0v) is 11.0. The van der Waals surface area contributed by atoms with Crippen LogP contribution in [0.2, 0.25) is 0 Å². The van der Waals surface area contributed by atoms with Crippen LogP contribution < -0.4 is 10.2 Å². The maximum Gasteiger partial charge on any atom is 0.281 e. The van der Waals surface area contributed by atoms with E-state index in [4.69, 9.17) is 4.74 Å². The first-order valence-corrected chi connectivity index (χ1v) is 6.32. The summed E-state index contributed by atoms with van der Waals surface area (Å²) in [5.41, 5.74) is 3.07. The van der Waals surface area contributed by atoms with Crippen molar-refractivity contribution in [3.05, 3.63) is 46.2 Å². The quantitative estimate of drug-likeness (QED) is 0.664. The van der Waals surface area contributed by atoms with E-state index in [-0.39, 0.29) is 11.7 Å². The first-order valence-electron chi connectivity index (χ1n) is 5.44. The SMILES string of the molecule is COc1ccc(C=NNC(=O)c2cccs2)cc1O. The molecule has 0 atom stereocenters. The number of phenols is 1. The van der Waals surface area contributed by atoms with Gasteiger partial charge in [-0.1, -0.05) is 6.07 Å². The number of thiophene rings is 1. The molecule has 19 heavy (non-hydrogen) atoms. The predicted molar refractivity (Wildman–Crippen MR) is 74.0 cm³/mol. The molecule has 2 N–H and O–H groups in total. The molecule has 0 unspecified atom stereocenters. The van der Waals surface area contributed by atoms with Gasteiger partial charge >= 0.3 is 0 Å². The summed E-state index contributed by atoms with van der Waals surface area (Å²) in [6.07, 6.45) is 1.45. The summed E-state index contributed by atoms with van der Waals surface area (Å²) >= 11 is 1.34. The van der Waals surface area contributed by atoms with Gasteiger partial charge in [-0.25, -0.2) is 5.43 Å². The Morgan fingerprint density at radius 2 is 2.32 bits per heavy atom. The van der Waals surface area contributed by atoms with Crippen LogP contribution in [0.4, 0.5) is 0 Å². The lowest BCUT2D eigenvalue weighted by Crippen LogP contribution is -2.16. The lowest BCUT2D eigenvalue weighted by molar-refractivity contribution is 0.0959. The van der Waals surface area contributed by atoms with Crippen LogP contribution in [0.15, 0.2) is 40.8 Å². The Balaban J connectivity index is 1.99. The van der Waals surface area contributed by atoms with E-state index in [1.165, 1.54) is 30.7 Å². The van der Waals surface area contributed by atoms with Gasteiger partial charge in [0, 0.05) is 0 Å². The van der Waals surface area contributed by atoms with Crippen molar-refractivity contribution in [3.63, 3.8) is 0 Å². The number of hydrogen-bond donors (Lipinski definition) is 2. The third-order valence-electron chi connectivity index (χ3n) is 2.33. The van der Waals surface area contributed by atoms with Crippen LogP contribution in [-0.4, -0.2) is 24.3 Å². The molecule has 0 fully saturated rings. The van der Waals surface area contributed by atoms with Crippen LogP contribution >= 0.6 is 11.3 Å². The minimum Gasteiger partial charge on any atom is -0.504 e. The number of carbonyl (C=O) groups excluding carboxylic acids is 1. The number of hydrogen-bond acceptors (Lipinski definition) is 5. The van der Waals surface area contributed by atoms with Crippen LogP contribution in [0, 0.1) is 0 Å². The minimum atomic E-state index is -0.260. The molecule has 1 aromatic heterocycles. The van der Waals surface area contributed by atoms with Crippen LogP contribution in [0.3, 0.4) is 0 Å². The Morgan fingerprint density at radius 3 is 2.95 bits per heavy atom. The molecule has 0 saturated carbocycles. The average molecular weight is 276 g/mol. The number of nitrogens with one attached hydrogen (secondary N) is 1. The molecule has 2 rings (SSSR count). The molecule has 5 nitrogen and oxygen atoms in total. The third kappa shape index (κ3) is 3.32. The number of phenolic OH excluding ortho intramolecular Hbond substituents is 1. The number of methoxy groups -OCH3 is 1. The van der Waals surface area contributed by atoms with Crippen molar-refractivity contribution in [2.75, 3.05) is 7.11 Å². The monoisotopic (exact) mass is 276 g/mol. The fraction of sp³-hybridized carbons (Fsp3) is 0.0769. The van der Waals surface area contributed by atoms with Gasteiger partial charge in [-0.05, 0) is 35.2 Å². The normalized spacial score (nSPS) is 10.6. The summed E-state index contributed by atoms with van der Waals surface area (Å²) in [5, 5.41) is 15.2. The van der Waals surface area contributed by atoms with E-state index in [9.17, 15) is 9.90 Å². The fourth-order valence-electron chi connectivity index (χ4n) is 1.42. The molecule has 0 radical (unpaired) electrons. The number of benzene rings is 1. The second kappa shape index (κ2) is 6.01. The number of aromatic hydroxyl groups is 1. The summed E-state index contributed by atoms with van der Waals surface area (Å²) in [6, 6.07) is 8.36. The Kier molecular flexibility index (Phi) is 4.15. The minimum absolute atomic E-state index is 0.0241. The molecule has 0 saturated heterocycles. The first kappa shape index (κ1) is 13.1. The topological polar surface area (TPSA) is 70.9 Å². The van der Waals surface area contributed by atoms with Gasteiger partial charge in [0.15, 0.2) is 11.5 Å². The second-order valence-corrected chi connectivity index (χ2v) is 4.56. The van der Waals surface area contributed by atoms with Gasteiger partial charge in [0.1, 0.15) is 0 Å². The van der Waals surface area contributed by atoms with E-state index >= 15 is 0 Å². The smallest absolute Gasteiger partial charge is 0.281 e. The molecule has 0 bridgehead atoms. The molecule has 0 aliphatic heterocycles. The third-order valence-corrected chi connectivity index (χ3v) is 3.20. The number of nitrogens with zero attached hydrogens (tertiary/aromatic N) is 1. The van der Waals surface area contributed by atoms with Crippen molar-refractivity contribution in [2.45, 2.75) is 0 Å². The van der Waals surface area contributed by atoms with Crippen molar-refractivity contribution < 1.29 is 14.6 Å². The molecule has 6 heteroatoms. The summed E-state index contributed by atoms with van der Waals surface area (Å²) in [5.74, 6) is 0.153. The van der Waals surface area contributed by atoms with E-state index in [1.807, 2.05) is 5.38 Å². The molecular weight excluding hydrogens is 264 g/mol. The largest absolute Gasteiger partial charge is 0.504 e. The van der Waals surface area contributed by atoms with Crippen LogP contribution in [0.5, 0.6) is 11.5 Å². The fourth-order valence-corrected chi connectivity index (χ4v) is 2.03. The summed E-state index contributed by atoms with van der Waals surface area (Å²) in [4.78, 5) is 12.2. The van der Waals surface area contributed by atoms with E-state index < -0.39 is 0 Å². The van der Waals surface area contributed by atoms with Crippen molar-refractivity contribution in [1.82, 2.24) is 5.43 Å². The van der Waals surface area contributed by atoms with Gasteiger partial charge in [-0.2, -0.15) is 5.10 Å². The van der Waals surface area contributed by atoms with Gasteiger partial charge in [0.05, 0.1) is 18.2 Å². The van der Waals surface area contributed by atoms with Gasteiger partial charge in [0.25, 0.3) is 5.91 Å². The van der Waals surface area contributed by atoms with Crippen molar-refractivity contribution in [1.29, 1.82) is 0 Å². The van der Waals surface area contributed by atoms with E-state index in [0.29, 0.717) is 16.2 Å². The number of hydrazone groups is 1. The van der Waals surface area contributed by atoms with Gasteiger partial charge in [-0.15, -0.1) is 11.3 Å². The molecule has 0 aliphatic rings. The van der Waals surface area contributed by atoms with Crippen molar-refractivity contribution in [3.8, 4) is 11.5 Å². The van der Waals surface area contributed by atoms with E-state index in [1.54, 1.807) is 24.3 Å². The molecule has 98 valence electrons. The zero-order chi connectivity index (χ0) is 13.7. The number of rotatable bonds is 4. The lowest BCUT2D eigenvalue weighted by Gasteiger charge is -2.03. The average Bonchev–Trinajstić information content (AvgIpc) is 2.93. The molecule has 1 heterocycles.